The minimum absolute atomic E-state index is 0.197. The van der Waals surface area contributed by atoms with Crippen LogP contribution < -0.4 is 24.3 Å². The molecule has 1 amide bonds. The van der Waals surface area contributed by atoms with Gasteiger partial charge in [-0.3, -0.25) is 4.79 Å². The maximum Gasteiger partial charge on any atom is 0.224 e. The summed E-state index contributed by atoms with van der Waals surface area (Å²) >= 11 is 0. The summed E-state index contributed by atoms with van der Waals surface area (Å²) in [4.78, 5) is 11.7. The zero-order valence-corrected chi connectivity index (χ0v) is 23.9. The summed E-state index contributed by atoms with van der Waals surface area (Å²) < 4.78 is 46.6. The molecule has 8 nitrogen and oxygen atoms in total. The average Bonchev–Trinajstić information content (AvgIpc) is 2.91. The van der Waals surface area contributed by atoms with E-state index in [9.17, 15) is 13.2 Å². The highest BCUT2D eigenvalue weighted by Crippen LogP contribution is 2.35. The van der Waals surface area contributed by atoms with Crippen molar-refractivity contribution in [2.24, 2.45) is 0 Å². The molecule has 1 N–H and O–H groups in total. The summed E-state index contributed by atoms with van der Waals surface area (Å²) in [6.45, 7) is 1.72. The van der Waals surface area contributed by atoms with Gasteiger partial charge in [-0.2, -0.15) is 0 Å². The molecular formula is C30H37NO7S. The van der Waals surface area contributed by atoms with Crippen molar-refractivity contribution in [3.05, 3.63) is 83.3 Å². The predicted molar refractivity (Wildman–Crippen MR) is 156 cm³/mol. The van der Waals surface area contributed by atoms with E-state index in [1.807, 2.05) is 0 Å². The third-order valence-corrected chi connectivity index (χ3v) is 6.81. The van der Waals surface area contributed by atoms with Gasteiger partial charge in [0.05, 0.1) is 45.4 Å². The topological polar surface area (TPSA) is 100 Å². The molecule has 39 heavy (non-hydrogen) atoms. The van der Waals surface area contributed by atoms with Crippen LogP contribution in [-0.4, -0.2) is 42.8 Å². The average molecular weight is 556 g/mol. The quantitative estimate of drug-likeness (QED) is 0.378. The molecule has 0 unspecified atom stereocenters. The maximum atomic E-state index is 12.7. The second-order valence-corrected chi connectivity index (χ2v) is 10.2. The maximum absolute atomic E-state index is 12.7. The van der Waals surface area contributed by atoms with E-state index in [4.69, 9.17) is 18.9 Å². The van der Waals surface area contributed by atoms with Gasteiger partial charge in [0, 0.05) is 24.0 Å². The molecule has 3 rings (SSSR count). The second kappa shape index (κ2) is 16.1. The predicted octanol–water partition coefficient (Wildman–Crippen LogP) is 6.10. The van der Waals surface area contributed by atoms with Crippen LogP contribution in [0.25, 0.3) is 6.08 Å². The summed E-state index contributed by atoms with van der Waals surface area (Å²) in [5.41, 5.74) is 1.40. The zero-order valence-electron chi connectivity index (χ0n) is 23.1. The summed E-state index contributed by atoms with van der Waals surface area (Å²) in [6, 6.07) is 8.13. The highest BCUT2D eigenvalue weighted by atomic mass is 32.2. The molecule has 0 fully saturated rings. The smallest absolute Gasteiger partial charge is 0.224 e. The van der Waals surface area contributed by atoms with E-state index in [0.717, 1.165) is 5.41 Å². The highest BCUT2D eigenvalue weighted by Gasteiger charge is 2.15. The van der Waals surface area contributed by atoms with Crippen LogP contribution in [0.3, 0.4) is 0 Å². The number of rotatable bonds is 10. The number of carbonyl (C=O) groups excluding carboxylic acids is 1. The summed E-state index contributed by atoms with van der Waals surface area (Å²) in [5, 5.41) is 3.82. The normalized spacial score (nSPS) is 14.3. The molecule has 0 radical (unpaired) electrons. The molecule has 1 aliphatic rings. The van der Waals surface area contributed by atoms with E-state index >= 15 is 0 Å². The second-order valence-electron chi connectivity index (χ2n) is 8.31. The number of nitrogens with one attached hydrogen (secondary N) is 1. The van der Waals surface area contributed by atoms with E-state index < -0.39 is 9.84 Å². The van der Waals surface area contributed by atoms with Crippen molar-refractivity contribution >= 4 is 27.5 Å². The lowest BCUT2D eigenvalue weighted by atomic mass is 10.1. The standard InChI is InChI=1S/C22H27NO7S.C8H10/c1-6-22(24)23-18-11-15(7-8-19(18)28-3)14-31(25,26)10-9-17-20(29-4)12-16(27-2)13-21(17)30-5;1-2-4-6-8-7-5-3-1/h7-13H,6,14H2,1-5H3,(H,23,24);1-6H,7-8H2/b10-9+;2-1-,5-3-,6-4?. The molecule has 0 aromatic heterocycles. The number of sulfone groups is 1. The molecule has 0 bridgehead atoms. The number of hydrogen-bond donors (Lipinski definition) is 1. The molecule has 0 heterocycles. The lowest BCUT2D eigenvalue weighted by molar-refractivity contribution is -0.115. The van der Waals surface area contributed by atoms with Crippen LogP contribution in [0.1, 0.15) is 37.3 Å². The lowest BCUT2D eigenvalue weighted by Gasteiger charge is -2.13. The molecule has 1 aliphatic carbocycles. The fourth-order valence-corrected chi connectivity index (χ4v) is 4.58. The van der Waals surface area contributed by atoms with Gasteiger partial charge in [0.15, 0.2) is 9.84 Å². The van der Waals surface area contributed by atoms with Crippen LogP contribution in [0.2, 0.25) is 0 Å². The Kier molecular flexibility index (Phi) is 12.9. The van der Waals surface area contributed by atoms with Crippen molar-refractivity contribution < 1.29 is 32.2 Å². The molecule has 0 saturated carbocycles. The van der Waals surface area contributed by atoms with E-state index in [-0.39, 0.29) is 11.7 Å². The van der Waals surface area contributed by atoms with Crippen LogP contribution in [0, 0.1) is 0 Å². The van der Waals surface area contributed by atoms with Gasteiger partial charge in [0.2, 0.25) is 5.91 Å². The van der Waals surface area contributed by atoms with Gasteiger partial charge in [-0.25, -0.2) is 8.42 Å². The first-order chi connectivity index (χ1) is 18.8. The van der Waals surface area contributed by atoms with Crippen LogP contribution >= 0.6 is 0 Å². The van der Waals surface area contributed by atoms with Crippen LogP contribution in [0.4, 0.5) is 5.69 Å². The Morgan fingerprint density at radius 1 is 0.846 bits per heavy atom. The van der Waals surface area contributed by atoms with Gasteiger partial charge < -0.3 is 24.3 Å². The number of amides is 1. The first-order valence-electron chi connectivity index (χ1n) is 12.4. The molecule has 0 saturated heterocycles. The number of benzene rings is 2. The Morgan fingerprint density at radius 3 is 1.95 bits per heavy atom. The first kappa shape index (κ1) is 31.2. The summed E-state index contributed by atoms with van der Waals surface area (Å²) in [6.07, 6.45) is 16.7. The number of allylic oxidation sites excluding steroid dienone is 6. The molecular weight excluding hydrogens is 518 g/mol. The van der Waals surface area contributed by atoms with Gasteiger partial charge in [0.25, 0.3) is 0 Å². The van der Waals surface area contributed by atoms with E-state index in [0.29, 0.717) is 46.2 Å². The summed E-state index contributed by atoms with van der Waals surface area (Å²) in [7, 11) is 2.30. The highest BCUT2D eigenvalue weighted by molar-refractivity contribution is 7.93. The first-order valence-corrected chi connectivity index (χ1v) is 14.1. The van der Waals surface area contributed by atoms with Gasteiger partial charge in [0.1, 0.15) is 23.0 Å². The SMILES string of the molecule is C1=CCC/C=C\C=C/1.CCC(=O)Nc1cc(CS(=O)(=O)/C=C/c2c(OC)cc(OC)cc2OC)ccc1OC. The van der Waals surface area contributed by atoms with Crippen molar-refractivity contribution in [1.82, 2.24) is 0 Å². The van der Waals surface area contributed by atoms with Gasteiger partial charge in [-0.1, -0.05) is 49.4 Å². The van der Waals surface area contributed by atoms with Crippen LogP contribution in [0.5, 0.6) is 23.0 Å². The van der Waals surface area contributed by atoms with Crippen molar-refractivity contribution in [2.45, 2.75) is 31.9 Å². The zero-order chi connectivity index (χ0) is 28.7. The minimum Gasteiger partial charge on any atom is -0.496 e. The van der Waals surface area contributed by atoms with Crippen molar-refractivity contribution in [2.75, 3.05) is 33.8 Å². The van der Waals surface area contributed by atoms with Crippen molar-refractivity contribution in [1.29, 1.82) is 0 Å². The Balaban J connectivity index is 0.000000568. The largest absolute Gasteiger partial charge is 0.496 e. The monoisotopic (exact) mass is 555 g/mol. The molecule has 2 aromatic rings. The van der Waals surface area contributed by atoms with E-state index in [1.165, 1.54) is 47.4 Å². The molecule has 0 aliphatic heterocycles. The Labute approximate surface area is 231 Å². The minimum atomic E-state index is -3.65. The molecule has 0 atom stereocenters. The third kappa shape index (κ3) is 10.4. The molecule has 9 heteroatoms. The number of anilines is 1. The van der Waals surface area contributed by atoms with E-state index in [2.05, 4.69) is 41.8 Å². The number of methoxy groups -OCH3 is 4. The fraction of sp³-hybridized carbons (Fsp3) is 0.300. The van der Waals surface area contributed by atoms with Crippen molar-refractivity contribution in [3.8, 4) is 23.0 Å². The van der Waals surface area contributed by atoms with Gasteiger partial charge in [-0.05, 0) is 36.6 Å². The molecule has 210 valence electrons. The third-order valence-electron chi connectivity index (χ3n) is 5.53. The van der Waals surface area contributed by atoms with Crippen LogP contribution in [-0.2, 0) is 20.4 Å². The Morgan fingerprint density at radius 2 is 1.44 bits per heavy atom. The fourth-order valence-electron chi connectivity index (χ4n) is 3.50. The van der Waals surface area contributed by atoms with Crippen LogP contribution in [0.15, 0.2) is 72.2 Å². The van der Waals surface area contributed by atoms with Gasteiger partial charge in [-0.15, -0.1) is 0 Å². The van der Waals surface area contributed by atoms with Crippen molar-refractivity contribution in [3.63, 3.8) is 0 Å². The lowest BCUT2D eigenvalue weighted by Crippen LogP contribution is -2.11. The molecule has 2 aromatic carbocycles. The number of hydrogen-bond acceptors (Lipinski definition) is 7. The summed E-state index contributed by atoms with van der Waals surface area (Å²) in [5.74, 6) is 1.34. The Hall–Kier alpha value is -3.98. The van der Waals surface area contributed by atoms with Gasteiger partial charge >= 0.3 is 0 Å². The van der Waals surface area contributed by atoms with E-state index in [1.54, 1.807) is 37.3 Å². The Bertz CT molecular complexity index is 1280. The number of ether oxygens (including phenoxy) is 4. The number of carbonyl (C=O) groups is 1. The molecule has 0 spiro atoms.